The van der Waals surface area contributed by atoms with Gasteiger partial charge in [0.05, 0.1) is 12.0 Å². The second-order valence-corrected chi connectivity index (χ2v) is 8.36. The number of hydrogen-bond acceptors (Lipinski definition) is 5. The van der Waals surface area contributed by atoms with Crippen molar-refractivity contribution in [3.63, 3.8) is 0 Å². The molecule has 3 amide bonds. The van der Waals surface area contributed by atoms with Gasteiger partial charge in [0.25, 0.3) is 0 Å². The number of imide groups is 1. The van der Waals surface area contributed by atoms with E-state index in [0.29, 0.717) is 19.4 Å². The molecule has 0 N–H and O–H groups in total. The van der Waals surface area contributed by atoms with Crippen LogP contribution in [0.25, 0.3) is 0 Å². The highest BCUT2D eigenvalue weighted by molar-refractivity contribution is 5.95. The van der Waals surface area contributed by atoms with Crippen LogP contribution in [0, 0.1) is 5.92 Å². The fourth-order valence-electron chi connectivity index (χ4n) is 4.49. The lowest BCUT2D eigenvalue weighted by Crippen LogP contribution is -2.49. The molecule has 0 saturated carbocycles. The highest BCUT2D eigenvalue weighted by atomic mass is 16.6. The normalized spacial score (nSPS) is 21.3. The lowest BCUT2D eigenvalue weighted by Gasteiger charge is -2.31. The zero-order valence-electron chi connectivity index (χ0n) is 18.2. The zero-order chi connectivity index (χ0) is 22.5. The van der Waals surface area contributed by atoms with Crippen LogP contribution in [0.2, 0.25) is 0 Å². The Hall–Kier alpha value is -3.35. The molecule has 2 aromatic rings. The van der Waals surface area contributed by atoms with Crippen molar-refractivity contribution in [3.05, 3.63) is 71.8 Å². The van der Waals surface area contributed by atoms with Gasteiger partial charge in [-0.3, -0.25) is 4.79 Å². The van der Waals surface area contributed by atoms with Crippen molar-refractivity contribution in [2.45, 2.75) is 44.9 Å². The summed E-state index contributed by atoms with van der Waals surface area (Å²) in [6.45, 7) is 2.68. The Balaban J connectivity index is 1.41. The molecule has 0 bridgehead atoms. The molecule has 7 heteroatoms. The van der Waals surface area contributed by atoms with E-state index >= 15 is 0 Å². The minimum Gasteiger partial charge on any atom is -0.447 e. The van der Waals surface area contributed by atoms with Gasteiger partial charge in [0.15, 0.2) is 0 Å². The highest BCUT2D eigenvalue weighted by Gasteiger charge is 2.44. The van der Waals surface area contributed by atoms with E-state index in [-0.39, 0.29) is 31.2 Å². The monoisotopic (exact) mass is 436 g/mol. The van der Waals surface area contributed by atoms with Crippen LogP contribution in [0.3, 0.4) is 0 Å². The number of cyclic esters (lactones) is 1. The molecular weight excluding hydrogens is 408 g/mol. The second kappa shape index (κ2) is 9.85. The fraction of sp³-hybridized carbons (Fsp3) is 0.400. The summed E-state index contributed by atoms with van der Waals surface area (Å²) in [7, 11) is 0. The summed E-state index contributed by atoms with van der Waals surface area (Å²) >= 11 is 0. The third-order valence-electron chi connectivity index (χ3n) is 6.22. The van der Waals surface area contributed by atoms with Crippen molar-refractivity contribution in [2.24, 2.45) is 5.92 Å². The van der Waals surface area contributed by atoms with E-state index in [0.717, 1.165) is 17.5 Å². The summed E-state index contributed by atoms with van der Waals surface area (Å²) in [5.74, 6) is -0.841. The molecule has 0 aliphatic carbocycles. The summed E-state index contributed by atoms with van der Waals surface area (Å²) < 4.78 is 10.7. The lowest BCUT2D eigenvalue weighted by atomic mass is 9.96. The number of nitrogens with zero attached hydrogens (tertiary/aromatic N) is 2. The first-order chi connectivity index (χ1) is 15.5. The Morgan fingerprint density at radius 1 is 1.06 bits per heavy atom. The summed E-state index contributed by atoms with van der Waals surface area (Å²) in [5, 5.41) is 0. The zero-order valence-corrected chi connectivity index (χ0v) is 18.2. The van der Waals surface area contributed by atoms with E-state index < -0.39 is 18.1 Å². The Morgan fingerprint density at radius 3 is 2.41 bits per heavy atom. The molecule has 168 valence electrons. The first-order valence-electron chi connectivity index (χ1n) is 11.1. The van der Waals surface area contributed by atoms with Crippen LogP contribution in [0.15, 0.2) is 60.7 Å². The maximum Gasteiger partial charge on any atom is 0.416 e. The summed E-state index contributed by atoms with van der Waals surface area (Å²) in [6, 6.07) is 18.5. The molecule has 0 radical (unpaired) electrons. The number of amides is 3. The van der Waals surface area contributed by atoms with Crippen molar-refractivity contribution >= 4 is 18.1 Å². The van der Waals surface area contributed by atoms with Crippen LogP contribution in [-0.2, 0) is 27.3 Å². The maximum absolute atomic E-state index is 13.3. The Morgan fingerprint density at radius 2 is 1.72 bits per heavy atom. The minimum absolute atomic E-state index is 0.180. The van der Waals surface area contributed by atoms with Crippen molar-refractivity contribution < 1.29 is 23.9 Å². The van der Waals surface area contributed by atoms with Crippen LogP contribution in [0.4, 0.5) is 9.59 Å². The smallest absolute Gasteiger partial charge is 0.416 e. The summed E-state index contributed by atoms with van der Waals surface area (Å²) in [5.41, 5.74) is 1.94. The number of carbonyl (C=O) groups is 3. The van der Waals surface area contributed by atoms with E-state index in [4.69, 9.17) is 9.47 Å². The Labute approximate surface area is 187 Å². The molecule has 3 atom stereocenters. The lowest BCUT2D eigenvalue weighted by molar-refractivity contribution is -0.134. The van der Waals surface area contributed by atoms with Crippen LogP contribution < -0.4 is 0 Å². The number of ether oxygens (including phenoxy) is 2. The van der Waals surface area contributed by atoms with E-state index in [2.05, 4.69) is 0 Å². The van der Waals surface area contributed by atoms with Crippen LogP contribution >= 0.6 is 0 Å². The van der Waals surface area contributed by atoms with Gasteiger partial charge in [-0.2, -0.15) is 0 Å². The first kappa shape index (κ1) is 21.9. The third kappa shape index (κ3) is 4.77. The van der Waals surface area contributed by atoms with Gasteiger partial charge in [0, 0.05) is 12.6 Å². The fourth-order valence-corrected chi connectivity index (χ4v) is 4.49. The van der Waals surface area contributed by atoms with Gasteiger partial charge in [0.1, 0.15) is 13.2 Å². The SMILES string of the molecule is C[C@H](C(=O)N1C(=O)OC[C@H]1Cc1ccccc1)[C@H]1CCCN1C(=O)OCc1ccccc1. The van der Waals surface area contributed by atoms with Gasteiger partial charge >= 0.3 is 12.2 Å². The Kier molecular flexibility index (Phi) is 6.73. The number of likely N-dealkylation sites (tertiary alicyclic amines) is 1. The van der Waals surface area contributed by atoms with Crippen molar-refractivity contribution in [2.75, 3.05) is 13.2 Å². The quantitative estimate of drug-likeness (QED) is 0.684. The van der Waals surface area contributed by atoms with Gasteiger partial charge in [-0.15, -0.1) is 0 Å². The molecular formula is C25H28N2O5. The molecule has 7 nitrogen and oxygen atoms in total. The summed E-state index contributed by atoms with van der Waals surface area (Å²) in [6.07, 6.45) is 0.985. The summed E-state index contributed by atoms with van der Waals surface area (Å²) in [4.78, 5) is 41.3. The van der Waals surface area contributed by atoms with E-state index in [1.807, 2.05) is 60.7 Å². The molecule has 0 aromatic heterocycles. The first-order valence-corrected chi connectivity index (χ1v) is 11.1. The molecule has 2 saturated heterocycles. The average Bonchev–Trinajstić information content (AvgIpc) is 3.45. The standard InChI is InChI=1S/C25H28N2O5/c1-18(22-13-8-14-26(22)24(29)31-16-20-11-6-3-7-12-20)23(28)27-21(17-32-25(27)30)15-19-9-4-2-5-10-19/h2-7,9-12,18,21-22H,8,13-17H2,1H3/t18-,21+,22+/m0/s1. The average molecular weight is 437 g/mol. The second-order valence-electron chi connectivity index (χ2n) is 8.36. The molecule has 2 aliphatic heterocycles. The van der Waals surface area contributed by atoms with E-state index in [1.54, 1.807) is 11.8 Å². The van der Waals surface area contributed by atoms with Gasteiger partial charge < -0.3 is 14.4 Å². The minimum atomic E-state index is -0.612. The molecule has 0 unspecified atom stereocenters. The highest BCUT2D eigenvalue weighted by Crippen LogP contribution is 2.29. The van der Waals surface area contributed by atoms with E-state index in [1.165, 1.54) is 4.90 Å². The van der Waals surface area contributed by atoms with Crippen molar-refractivity contribution in [3.8, 4) is 0 Å². The molecule has 2 heterocycles. The molecule has 4 rings (SSSR count). The third-order valence-corrected chi connectivity index (χ3v) is 6.22. The number of hydrogen-bond donors (Lipinski definition) is 0. The van der Waals surface area contributed by atoms with Crippen LogP contribution in [0.5, 0.6) is 0 Å². The topological polar surface area (TPSA) is 76.2 Å². The Bertz CT molecular complexity index is 949. The number of rotatable bonds is 6. The van der Waals surface area contributed by atoms with Crippen LogP contribution in [0.1, 0.15) is 30.9 Å². The van der Waals surface area contributed by atoms with Gasteiger partial charge in [-0.1, -0.05) is 67.6 Å². The number of carbonyl (C=O) groups excluding carboxylic acids is 3. The van der Waals surface area contributed by atoms with Gasteiger partial charge in [0.2, 0.25) is 5.91 Å². The van der Waals surface area contributed by atoms with E-state index in [9.17, 15) is 14.4 Å². The van der Waals surface area contributed by atoms with Crippen molar-refractivity contribution in [1.82, 2.24) is 9.80 Å². The van der Waals surface area contributed by atoms with Gasteiger partial charge in [-0.25, -0.2) is 14.5 Å². The predicted octanol–water partition coefficient (Wildman–Crippen LogP) is 4.01. The largest absolute Gasteiger partial charge is 0.447 e. The maximum atomic E-state index is 13.3. The van der Waals surface area contributed by atoms with Crippen LogP contribution in [-0.4, -0.2) is 53.1 Å². The molecule has 2 aromatic carbocycles. The molecule has 2 aliphatic rings. The molecule has 2 fully saturated rings. The molecule has 32 heavy (non-hydrogen) atoms. The van der Waals surface area contributed by atoms with Gasteiger partial charge in [-0.05, 0) is 30.4 Å². The molecule has 0 spiro atoms. The predicted molar refractivity (Wildman–Crippen MR) is 118 cm³/mol. The van der Waals surface area contributed by atoms with Crippen molar-refractivity contribution in [1.29, 1.82) is 0 Å². The number of benzene rings is 2.